The first-order chi connectivity index (χ1) is 8.09. The number of hydrogen-bond donors (Lipinski definition) is 2. The van der Waals surface area contributed by atoms with E-state index in [9.17, 15) is 9.90 Å². The number of carbonyl (C=O) groups excluding carboxylic acids is 1. The lowest BCUT2D eigenvalue weighted by Gasteiger charge is -2.33. The molecule has 2 fully saturated rings. The van der Waals surface area contributed by atoms with E-state index < -0.39 is 6.10 Å². The second-order valence-electron chi connectivity index (χ2n) is 5.70. The number of aliphatic hydroxyl groups excluding tert-OH is 1. The van der Waals surface area contributed by atoms with Crippen LogP contribution in [0.4, 0.5) is 0 Å². The molecule has 2 N–H and O–H groups in total. The molecule has 4 heteroatoms. The van der Waals surface area contributed by atoms with Crippen LogP contribution in [-0.2, 0) is 4.79 Å². The SMILES string of the molecule is CC1CCC(C(=O)N(C)[C@@H]2CNC[C@H]2O)CC1. The summed E-state index contributed by atoms with van der Waals surface area (Å²) in [5, 5.41) is 12.9. The number of hydrogen-bond acceptors (Lipinski definition) is 3. The van der Waals surface area contributed by atoms with Crippen LogP contribution in [0.15, 0.2) is 0 Å². The summed E-state index contributed by atoms with van der Waals surface area (Å²) in [6.45, 7) is 3.57. The Labute approximate surface area is 103 Å². The second-order valence-corrected chi connectivity index (χ2v) is 5.70. The maximum absolute atomic E-state index is 12.3. The van der Waals surface area contributed by atoms with Crippen molar-refractivity contribution in [3.05, 3.63) is 0 Å². The molecule has 0 radical (unpaired) electrons. The first kappa shape index (κ1) is 12.8. The standard InChI is InChI=1S/C13H24N2O2/c1-9-3-5-10(6-4-9)13(17)15(2)11-7-14-8-12(11)16/h9-12,14,16H,3-8H2,1-2H3/t9?,10?,11-,12-/m1/s1. The molecule has 2 atom stereocenters. The van der Waals surface area contributed by atoms with Crippen LogP contribution in [-0.4, -0.2) is 48.2 Å². The highest BCUT2D eigenvalue weighted by molar-refractivity contribution is 5.79. The number of amides is 1. The van der Waals surface area contributed by atoms with Crippen LogP contribution in [0, 0.1) is 11.8 Å². The zero-order valence-corrected chi connectivity index (χ0v) is 10.9. The highest BCUT2D eigenvalue weighted by Gasteiger charge is 2.34. The van der Waals surface area contributed by atoms with Crippen molar-refractivity contribution < 1.29 is 9.90 Å². The normalized spacial score (nSPS) is 38.1. The molecule has 1 aliphatic heterocycles. The van der Waals surface area contributed by atoms with Gasteiger partial charge in [0.1, 0.15) is 0 Å². The minimum atomic E-state index is -0.411. The summed E-state index contributed by atoms with van der Waals surface area (Å²) in [7, 11) is 1.83. The fraction of sp³-hybridized carbons (Fsp3) is 0.923. The smallest absolute Gasteiger partial charge is 0.225 e. The number of carbonyl (C=O) groups is 1. The van der Waals surface area contributed by atoms with E-state index in [1.54, 1.807) is 4.90 Å². The molecule has 2 aliphatic rings. The third kappa shape index (κ3) is 2.80. The van der Waals surface area contributed by atoms with Crippen molar-refractivity contribution in [2.24, 2.45) is 11.8 Å². The van der Waals surface area contributed by atoms with Gasteiger partial charge in [0.25, 0.3) is 0 Å². The van der Waals surface area contributed by atoms with Gasteiger partial charge >= 0.3 is 0 Å². The number of rotatable bonds is 2. The van der Waals surface area contributed by atoms with Crippen molar-refractivity contribution in [2.45, 2.75) is 44.8 Å². The predicted molar refractivity (Wildman–Crippen MR) is 66.6 cm³/mol. The van der Waals surface area contributed by atoms with E-state index >= 15 is 0 Å². The molecule has 1 amide bonds. The monoisotopic (exact) mass is 240 g/mol. The van der Waals surface area contributed by atoms with Crippen LogP contribution in [0.25, 0.3) is 0 Å². The van der Waals surface area contributed by atoms with Gasteiger partial charge in [0.2, 0.25) is 5.91 Å². The van der Waals surface area contributed by atoms with Gasteiger partial charge in [-0.3, -0.25) is 4.79 Å². The molecule has 0 bridgehead atoms. The summed E-state index contributed by atoms with van der Waals surface area (Å²) < 4.78 is 0. The van der Waals surface area contributed by atoms with E-state index in [1.165, 1.54) is 0 Å². The Morgan fingerprint density at radius 3 is 2.41 bits per heavy atom. The lowest BCUT2D eigenvalue weighted by Crippen LogP contribution is -2.47. The Morgan fingerprint density at radius 1 is 1.24 bits per heavy atom. The molecule has 2 rings (SSSR count). The zero-order valence-electron chi connectivity index (χ0n) is 10.9. The molecule has 0 spiro atoms. The summed E-state index contributed by atoms with van der Waals surface area (Å²) in [5.74, 6) is 1.18. The largest absolute Gasteiger partial charge is 0.390 e. The van der Waals surface area contributed by atoms with Gasteiger partial charge in [-0.1, -0.05) is 6.92 Å². The highest BCUT2D eigenvalue weighted by Crippen LogP contribution is 2.30. The number of likely N-dealkylation sites (N-methyl/N-ethyl adjacent to an activating group) is 1. The van der Waals surface area contributed by atoms with E-state index in [4.69, 9.17) is 0 Å². The van der Waals surface area contributed by atoms with Gasteiger partial charge in [-0.15, -0.1) is 0 Å². The van der Waals surface area contributed by atoms with E-state index in [0.29, 0.717) is 13.1 Å². The Morgan fingerprint density at radius 2 is 1.88 bits per heavy atom. The number of β-amino-alcohol motifs (C(OH)–C–C–N with tert-alkyl or cyclic N) is 1. The van der Waals surface area contributed by atoms with Crippen molar-refractivity contribution in [3.63, 3.8) is 0 Å². The van der Waals surface area contributed by atoms with E-state index in [1.807, 2.05) is 7.05 Å². The summed E-state index contributed by atoms with van der Waals surface area (Å²) in [4.78, 5) is 14.1. The van der Waals surface area contributed by atoms with Crippen LogP contribution >= 0.6 is 0 Å². The minimum absolute atomic E-state index is 0.0400. The zero-order chi connectivity index (χ0) is 12.4. The Kier molecular flexibility index (Phi) is 4.05. The molecule has 0 unspecified atom stereocenters. The van der Waals surface area contributed by atoms with Crippen molar-refractivity contribution >= 4 is 5.91 Å². The first-order valence-corrected chi connectivity index (χ1v) is 6.75. The molecule has 1 heterocycles. The average Bonchev–Trinajstić information content (AvgIpc) is 2.74. The van der Waals surface area contributed by atoms with Crippen LogP contribution in [0.1, 0.15) is 32.6 Å². The van der Waals surface area contributed by atoms with Crippen LogP contribution in [0.3, 0.4) is 0 Å². The van der Waals surface area contributed by atoms with Gasteiger partial charge in [0, 0.05) is 26.1 Å². The minimum Gasteiger partial charge on any atom is -0.390 e. The van der Waals surface area contributed by atoms with Crippen molar-refractivity contribution in [1.29, 1.82) is 0 Å². The van der Waals surface area contributed by atoms with Crippen LogP contribution in [0.2, 0.25) is 0 Å². The van der Waals surface area contributed by atoms with E-state index in [0.717, 1.165) is 31.6 Å². The molecule has 1 aliphatic carbocycles. The Balaban J connectivity index is 1.90. The molecule has 98 valence electrons. The molecule has 0 aromatic rings. The Bertz CT molecular complexity index is 275. The average molecular weight is 240 g/mol. The van der Waals surface area contributed by atoms with Crippen LogP contribution < -0.4 is 5.32 Å². The molecular formula is C13H24N2O2. The molecule has 4 nitrogen and oxygen atoms in total. The van der Waals surface area contributed by atoms with E-state index in [2.05, 4.69) is 12.2 Å². The van der Waals surface area contributed by atoms with E-state index in [-0.39, 0.29) is 17.9 Å². The molecular weight excluding hydrogens is 216 g/mol. The van der Waals surface area contributed by atoms with Crippen molar-refractivity contribution in [3.8, 4) is 0 Å². The summed E-state index contributed by atoms with van der Waals surface area (Å²) in [6.07, 6.45) is 3.94. The molecule has 0 aromatic carbocycles. The lowest BCUT2D eigenvalue weighted by atomic mass is 9.82. The third-order valence-electron chi connectivity index (χ3n) is 4.36. The Hall–Kier alpha value is -0.610. The van der Waals surface area contributed by atoms with Gasteiger partial charge in [-0.25, -0.2) is 0 Å². The lowest BCUT2D eigenvalue weighted by molar-refractivity contribution is -0.138. The molecule has 0 aromatic heterocycles. The van der Waals surface area contributed by atoms with Crippen LogP contribution in [0.5, 0.6) is 0 Å². The van der Waals surface area contributed by atoms with Gasteiger partial charge in [0.15, 0.2) is 0 Å². The van der Waals surface area contributed by atoms with Gasteiger partial charge < -0.3 is 15.3 Å². The fourth-order valence-electron chi connectivity index (χ4n) is 3.00. The summed E-state index contributed by atoms with van der Waals surface area (Å²) in [5.41, 5.74) is 0. The fourth-order valence-corrected chi connectivity index (χ4v) is 3.00. The van der Waals surface area contributed by atoms with Gasteiger partial charge in [0.05, 0.1) is 12.1 Å². The predicted octanol–water partition coefficient (Wildman–Crippen LogP) is 0.604. The summed E-state index contributed by atoms with van der Waals surface area (Å²) >= 11 is 0. The van der Waals surface area contributed by atoms with Crippen molar-refractivity contribution in [1.82, 2.24) is 10.2 Å². The van der Waals surface area contributed by atoms with Gasteiger partial charge in [-0.2, -0.15) is 0 Å². The summed E-state index contributed by atoms with van der Waals surface area (Å²) in [6, 6.07) is -0.0400. The molecule has 1 saturated heterocycles. The van der Waals surface area contributed by atoms with Gasteiger partial charge in [-0.05, 0) is 31.6 Å². The molecule has 1 saturated carbocycles. The number of nitrogens with one attached hydrogen (secondary N) is 1. The second kappa shape index (κ2) is 5.36. The van der Waals surface area contributed by atoms with Crippen molar-refractivity contribution in [2.75, 3.05) is 20.1 Å². The number of nitrogens with zero attached hydrogens (tertiary/aromatic N) is 1. The molecule has 17 heavy (non-hydrogen) atoms. The number of aliphatic hydroxyl groups is 1. The quantitative estimate of drug-likeness (QED) is 0.743. The highest BCUT2D eigenvalue weighted by atomic mass is 16.3. The first-order valence-electron chi connectivity index (χ1n) is 6.75. The maximum atomic E-state index is 12.3. The topological polar surface area (TPSA) is 52.6 Å². The maximum Gasteiger partial charge on any atom is 0.225 e. The third-order valence-corrected chi connectivity index (χ3v) is 4.36.